The maximum atomic E-state index is 12.2. The predicted octanol–water partition coefficient (Wildman–Crippen LogP) is 2.10. The van der Waals surface area contributed by atoms with Gasteiger partial charge in [-0.1, -0.05) is 0 Å². The molecule has 2 aromatic heterocycles. The van der Waals surface area contributed by atoms with Gasteiger partial charge in [0.1, 0.15) is 0 Å². The molecule has 3 rings (SSSR count). The summed E-state index contributed by atoms with van der Waals surface area (Å²) in [5.74, 6) is 0.162. The Morgan fingerprint density at radius 3 is 2.55 bits per heavy atom. The van der Waals surface area contributed by atoms with Crippen LogP contribution in [0.4, 0.5) is 0 Å². The first kappa shape index (κ1) is 13.3. The molecule has 5 heteroatoms. The third-order valence-electron chi connectivity index (χ3n) is 3.58. The van der Waals surface area contributed by atoms with Crippen molar-refractivity contribution in [2.45, 2.75) is 6.54 Å². The van der Waals surface area contributed by atoms with Crippen molar-refractivity contribution >= 4 is 17.2 Å². The second-order valence-corrected chi connectivity index (χ2v) is 5.72. The standard InChI is InChI=1S/C15H17N3OS/c19-15(14-3-10-20-12-14)18-8-6-17(7-9-18)11-13-1-4-16-5-2-13/h1-5,10,12H,6-9,11H2. The second-order valence-electron chi connectivity index (χ2n) is 4.94. The zero-order valence-electron chi connectivity index (χ0n) is 11.2. The van der Waals surface area contributed by atoms with E-state index in [1.165, 1.54) is 5.56 Å². The van der Waals surface area contributed by atoms with Crippen molar-refractivity contribution in [1.82, 2.24) is 14.8 Å². The molecule has 0 radical (unpaired) electrons. The lowest BCUT2D eigenvalue weighted by Crippen LogP contribution is -2.48. The van der Waals surface area contributed by atoms with Gasteiger partial charge in [-0.15, -0.1) is 0 Å². The zero-order chi connectivity index (χ0) is 13.8. The van der Waals surface area contributed by atoms with Gasteiger partial charge in [0.15, 0.2) is 0 Å². The number of hydrogen-bond acceptors (Lipinski definition) is 4. The van der Waals surface area contributed by atoms with Gasteiger partial charge < -0.3 is 4.90 Å². The first-order valence-corrected chi connectivity index (χ1v) is 7.70. The Bertz CT molecular complexity index is 548. The molecule has 1 amide bonds. The van der Waals surface area contributed by atoms with Crippen LogP contribution in [0.5, 0.6) is 0 Å². The number of aromatic nitrogens is 1. The average Bonchev–Trinajstić information content (AvgIpc) is 3.03. The molecular formula is C15H17N3OS. The van der Waals surface area contributed by atoms with Crippen molar-refractivity contribution < 1.29 is 4.79 Å². The number of thiophene rings is 1. The maximum absolute atomic E-state index is 12.2. The number of amides is 1. The van der Waals surface area contributed by atoms with Crippen LogP contribution in [0.1, 0.15) is 15.9 Å². The van der Waals surface area contributed by atoms with Gasteiger partial charge in [-0.2, -0.15) is 11.3 Å². The molecule has 0 aliphatic carbocycles. The summed E-state index contributed by atoms with van der Waals surface area (Å²) in [5, 5.41) is 3.87. The highest BCUT2D eigenvalue weighted by Crippen LogP contribution is 2.13. The first-order valence-electron chi connectivity index (χ1n) is 6.75. The minimum atomic E-state index is 0.162. The van der Waals surface area contributed by atoms with E-state index in [1.807, 2.05) is 46.3 Å². The number of pyridine rings is 1. The summed E-state index contributed by atoms with van der Waals surface area (Å²) < 4.78 is 0. The van der Waals surface area contributed by atoms with Crippen molar-refractivity contribution in [1.29, 1.82) is 0 Å². The van der Waals surface area contributed by atoms with Crippen LogP contribution in [0.2, 0.25) is 0 Å². The van der Waals surface area contributed by atoms with Gasteiger partial charge in [-0.25, -0.2) is 0 Å². The van der Waals surface area contributed by atoms with Gasteiger partial charge in [-0.3, -0.25) is 14.7 Å². The summed E-state index contributed by atoms with van der Waals surface area (Å²) in [6.45, 7) is 4.40. The number of piperazine rings is 1. The highest BCUT2D eigenvalue weighted by Gasteiger charge is 2.22. The van der Waals surface area contributed by atoms with Crippen molar-refractivity contribution in [3.63, 3.8) is 0 Å². The lowest BCUT2D eigenvalue weighted by Gasteiger charge is -2.34. The Labute approximate surface area is 122 Å². The summed E-state index contributed by atoms with van der Waals surface area (Å²) in [6, 6.07) is 5.99. The van der Waals surface area contributed by atoms with E-state index >= 15 is 0 Å². The number of carbonyl (C=O) groups is 1. The zero-order valence-corrected chi connectivity index (χ0v) is 12.1. The van der Waals surface area contributed by atoms with Crippen LogP contribution in [0, 0.1) is 0 Å². The fourth-order valence-corrected chi connectivity index (χ4v) is 3.05. The smallest absolute Gasteiger partial charge is 0.254 e. The average molecular weight is 287 g/mol. The van der Waals surface area contributed by atoms with Crippen LogP contribution in [-0.2, 0) is 6.54 Å². The van der Waals surface area contributed by atoms with Gasteiger partial charge in [0.2, 0.25) is 0 Å². The number of carbonyl (C=O) groups excluding carboxylic acids is 1. The number of nitrogens with zero attached hydrogens (tertiary/aromatic N) is 3. The minimum absolute atomic E-state index is 0.162. The summed E-state index contributed by atoms with van der Waals surface area (Å²) in [6.07, 6.45) is 3.65. The van der Waals surface area contributed by atoms with Crippen molar-refractivity contribution in [3.05, 3.63) is 52.5 Å². The Morgan fingerprint density at radius 2 is 1.90 bits per heavy atom. The van der Waals surface area contributed by atoms with Crippen LogP contribution in [-0.4, -0.2) is 46.9 Å². The molecule has 1 aliphatic rings. The van der Waals surface area contributed by atoms with Crippen LogP contribution >= 0.6 is 11.3 Å². The molecule has 0 aromatic carbocycles. The molecule has 3 heterocycles. The first-order chi connectivity index (χ1) is 9.83. The van der Waals surface area contributed by atoms with Crippen molar-refractivity contribution in [3.8, 4) is 0 Å². The largest absolute Gasteiger partial charge is 0.336 e. The minimum Gasteiger partial charge on any atom is -0.336 e. The topological polar surface area (TPSA) is 36.4 Å². The molecule has 1 fully saturated rings. The number of rotatable bonds is 3. The van der Waals surface area contributed by atoms with E-state index in [0.717, 1.165) is 38.3 Å². The normalized spacial score (nSPS) is 16.3. The summed E-state index contributed by atoms with van der Waals surface area (Å²) in [7, 11) is 0. The van der Waals surface area contributed by atoms with E-state index in [1.54, 1.807) is 11.3 Å². The van der Waals surface area contributed by atoms with Gasteiger partial charge in [0, 0.05) is 50.5 Å². The highest BCUT2D eigenvalue weighted by molar-refractivity contribution is 7.08. The molecule has 0 bridgehead atoms. The molecule has 4 nitrogen and oxygen atoms in total. The van der Waals surface area contributed by atoms with E-state index in [-0.39, 0.29) is 5.91 Å². The number of hydrogen-bond donors (Lipinski definition) is 0. The van der Waals surface area contributed by atoms with E-state index in [4.69, 9.17) is 0 Å². The molecule has 0 N–H and O–H groups in total. The summed E-state index contributed by atoms with van der Waals surface area (Å²) in [5.41, 5.74) is 2.09. The van der Waals surface area contributed by atoms with Crippen LogP contribution < -0.4 is 0 Å². The van der Waals surface area contributed by atoms with Crippen LogP contribution in [0.15, 0.2) is 41.4 Å². The molecule has 1 aliphatic heterocycles. The van der Waals surface area contributed by atoms with Gasteiger partial charge in [0.05, 0.1) is 5.56 Å². The quantitative estimate of drug-likeness (QED) is 0.867. The molecule has 1 saturated heterocycles. The summed E-state index contributed by atoms with van der Waals surface area (Å²) >= 11 is 1.57. The molecule has 20 heavy (non-hydrogen) atoms. The molecular weight excluding hydrogens is 270 g/mol. The third-order valence-corrected chi connectivity index (χ3v) is 4.27. The lowest BCUT2D eigenvalue weighted by atomic mass is 10.2. The lowest BCUT2D eigenvalue weighted by molar-refractivity contribution is 0.0629. The molecule has 104 valence electrons. The molecule has 0 spiro atoms. The van der Waals surface area contributed by atoms with E-state index in [0.29, 0.717) is 0 Å². The Hall–Kier alpha value is -1.72. The fraction of sp³-hybridized carbons (Fsp3) is 0.333. The second kappa shape index (κ2) is 6.15. The molecule has 0 atom stereocenters. The van der Waals surface area contributed by atoms with Crippen LogP contribution in [0.3, 0.4) is 0 Å². The Kier molecular flexibility index (Phi) is 4.08. The summed E-state index contributed by atoms with van der Waals surface area (Å²) in [4.78, 5) is 20.6. The van der Waals surface area contributed by atoms with Crippen molar-refractivity contribution in [2.75, 3.05) is 26.2 Å². The fourth-order valence-electron chi connectivity index (χ4n) is 2.42. The predicted molar refractivity (Wildman–Crippen MR) is 79.7 cm³/mol. The molecule has 2 aromatic rings. The third kappa shape index (κ3) is 3.05. The van der Waals surface area contributed by atoms with Crippen LogP contribution in [0.25, 0.3) is 0 Å². The van der Waals surface area contributed by atoms with Crippen molar-refractivity contribution in [2.24, 2.45) is 0 Å². The molecule has 0 unspecified atom stereocenters. The van der Waals surface area contributed by atoms with E-state index < -0.39 is 0 Å². The molecule has 0 saturated carbocycles. The maximum Gasteiger partial charge on any atom is 0.254 e. The van der Waals surface area contributed by atoms with Gasteiger partial charge in [-0.05, 0) is 29.1 Å². The highest BCUT2D eigenvalue weighted by atomic mass is 32.1. The SMILES string of the molecule is O=C(c1ccsc1)N1CCN(Cc2ccncc2)CC1. The van der Waals surface area contributed by atoms with E-state index in [2.05, 4.69) is 9.88 Å². The van der Waals surface area contributed by atoms with E-state index in [9.17, 15) is 4.79 Å². The monoisotopic (exact) mass is 287 g/mol. The Balaban J connectivity index is 1.53. The van der Waals surface area contributed by atoms with Gasteiger partial charge in [0.25, 0.3) is 5.91 Å². The van der Waals surface area contributed by atoms with Gasteiger partial charge >= 0.3 is 0 Å². The Morgan fingerprint density at radius 1 is 1.15 bits per heavy atom.